The average Bonchev–Trinajstić information content (AvgIpc) is 2.83. The molecule has 1 aromatic carbocycles. The van der Waals surface area contributed by atoms with Crippen molar-refractivity contribution >= 4 is 11.3 Å². The quantitative estimate of drug-likeness (QED) is 0.841. The molecule has 1 aromatic heterocycles. The van der Waals surface area contributed by atoms with Crippen LogP contribution in [0.15, 0.2) is 42.5 Å². The highest BCUT2D eigenvalue weighted by atomic mass is 32.1. The zero-order chi connectivity index (χ0) is 13.5. The number of hydrogen-bond donors (Lipinski definition) is 1. The summed E-state index contributed by atoms with van der Waals surface area (Å²) in [4.78, 5) is 5.25. The summed E-state index contributed by atoms with van der Waals surface area (Å²) >= 11 is 1.88. The van der Waals surface area contributed by atoms with Crippen LogP contribution in [-0.2, 0) is 13.0 Å². The van der Waals surface area contributed by atoms with E-state index in [-0.39, 0.29) is 0 Å². The summed E-state index contributed by atoms with van der Waals surface area (Å²) in [5.74, 6) is 0. The molecule has 0 radical (unpaired) electrons. The third kappa shape index (κ3) is 4.78. The number of thiophene rings is 1. The van der Waals surface area contributed by atoms with E-state index in [0.717, 1.165) is 32.6 Å². The van der Waals surface area contributed by atoms with E-state index in [2.05, 4.69) is 54.3 Å². The summed E-state index contributed by atoms with van der Waals surface area (Å²) in [6, 6.07) is 15.1. The lowest BCUT2D eigenvalue weighted by Gasteiger charge is -2.20. The molecule has 19 heavy (non-hydrogen) atoms. The van der Waals surface area contributed by atoms with Gasteiger partial charge in [-0.25, -0.2) is 0 Å². The van der Waals surface area contributed by atoms with Crippen LogP contribution in [0.4, 0.5) is 0 Å². The van der Waals surface area contributed by atoms with E-state index in [0.29, 0.717) is 0 Å². The summed E-state index contributed by atoms with van der Waals surface area (Å²) in [6.07, 6.45) is 1.09. The first-order valence-electron chi connectivity index (χ1n) is 6.79. The predicted molar refractivity (Wildman–Crippen MR) is 83.5 cm³/mol. The molecule has 2 rings (SSSR count). The molecule has 2 aromatic rings. The Labute approximate surface area is 119 Å². The molecule has 0 aliphatic rings. The molecule has 0 amide bonds. The van der Waals surface area contributed by atoms with Crippen molar-refractivity contribution < 1.29 is 0 Å². The highest BCUT2D eigenvalue weighted by Gasteiger charge is 2.07. The fraction of sp³-hybridized carbons (Fsp3) is 0.375. The minimum absolute atomic E-state index is 0.721. The summed E-state index contributed by atoms with van der Waals surface area (Å²) < 4.78 is 0. The van der Waals surface area contributed by atoms with Gasteiger partial charge in [-0.15, -0.1) is 11.3 Å². The zero-order valence-electron chi connectivity index (χ0n) is 11.5. The van der Waals surface area contributed by atoms with Crippen molar-refractivity contribution in [2.45, 2.75) is 19.9 Å². The number of aryl methyl sites for hydroxylation is 1. The minimum atomic E-state index is 0.721. The Balaban J connectivity index is 1.89. The van der Waals surface area contributed by atoms with Crippen molar-refractivity contribution in [2.75, 3.05) is 19.6 Å². The first kappa shape index (κ1) is 14.3. The molecule has 0 unspecified atom stereocenters. The van der Waals surface area contributed by atoms with E-state index in [1.54, 1.807) is 0 Å². The van der Waals surface area contributed by atoms with Gasteiger partial charge in [-0.2, -0.15) is 0 Å². The standard InChI is InChI=1S/C16H22N2S/c1-14-7-8-16(19-14)13-18(12-10-17)11-9-15-5-3-2-4-6-15/h2-8H,9-13,17H2,1H3. The molecule has 1 heterocycles. The van der Waals surface area contributed by atoms with Crippen LogP contribution in [0, 0.1) is 6.92 Å². The van der Waals surface area contributed by atoms with Crippen LogP contribution in [0.2, 0.25) is 0 Å². The monoisotopic (exact) mass is 274 g/mol. The molecular formula is C16H22N2S. The number of nitrogens with zero attached hydrogens (tertiary/aromatic N) is 1. The summed E-state index contributed by atoms with van der Waals surface area (Å²) in [6.45, 7) is 5.93. The van der Waals surface area contributed by atoms with Crippen LogP contribution in [0.1, 0.15) is 15.3 Å². The fourth-order valence-electron chi connectivity index (χ4n) is 2.17. The van der Waals surface area contributed by atoms with Crippen LogP contribution < -0.4 is 5.73 Å². The molecule has 2 N–H and O–H groups in total. The maximum absolute atomic E-state index is 5.72. The molecule has 0 fully saturated rings. The number of rotatable bonds is 7. The number of hydrogen-bond acceptors (Lipinski definition) is 3. The van der Waals surface area contributed by atoms with E-state index in [4.69, 9.17) is 5.73 Å². The second kappa shape index (κ2) is 7.43. The average molecular weight is 274 g/mol. The third-order valence-electron chi connectivity index (χ3n) is 3.18. The van der Waals surface area contributed by atoms with E-state index in [9.17, 15) is 0 Å². The van der Waals surface area contributed by atoms with Crippen LogP contribution in [0.3, 0.4) is 0 Å². The maximum Gasteiger partial charge on any atom is 0.0328 e. The second-order valence-electron chi connectivity index (χ2n) is 4.81. The largest absolute Gasteiger partial charge is 0.329 e. The van der Waals surface area contributed by atoms with Gasteiger partial charge in [-0.3, -0.25) is 4.90 Å². The maximum atomic E-state index is 5.72. The smallest absolute Gasteiger partial charge is 0.0328 e. The molecule has 0 aliphatic carbocycles. The van der Waals surface area contributed by atoms with Gasteiger partial charge in [0.15, 0.2) is 0 Å². The molecule has 3 heteroatoms. The highest BCUT2D eigenvalue weighted by Crippen LogP contribution is 2.17. The Bertz CT molecular complexity index is 479. The topological polar surface area (TPSA) is 29.3 Å². The van der Waals surface area contributed by atoms with Crippen LogP contribution >= 0.6 is 11.3 Å². The van der Waals surface area contributed by atoms with Gasteiger partial charge in [0.25, 0.3) is 0 Å². The van der Waals surface area contributed by atoms with Gasteiger partial charge in [0, 0.05) is 35.9 Å². The Morgan fingerprint density at radius 3 is 2.47 bits per heavy atom. The van der Waals surface area contributed by atoms with Crippen molar-refractivity contribution in [3.8, 4) is 0 Å². The van der Waals surface area contributed by atoms with E-state index < -0.39 is 0 Å². The minimum Gasteiger partial charge on any atom is -0.329 e. The van der Waals surface area contributed by atoms with E-state index in [1.165, 1.54) is 15.3 Å². The van der Waals surface area contributed by atoms with E-state index >= 15 is 0 Å². The molecular weight excluding hydrogens is 252 g/mol. The zero-order valence-corrected chi connectivity index (χ0v) is 12.3. The van der Waals surface area contributed by atoms with Gasteiger partial charge in [0.1, 0.15) is 0 Å². The Morgan fingerprint density at radius 2 is 1.84 bits per heavy atom. The normalized spacial score (nSPS) is 11.1. The van der Waals surface area contributed by atoms with Gasteiger partial charge in [0.05, 0.1) is 0 Å². The number of benzene rings is 1. The first-order chi connectivity index (χ1) is 9.28. The molecule has 0 bridgehead atoms. The highest BCUT2D eigenvalue weighted by molar-refractivity contribution is 7.11. The summed E-state index contributed by atoms with van der Waals surface area (Å²) in [7, 11) is 0. The lowest BCUT2D eigenvalue weighted by molar-refractivity contribution is 0.279. The lowest BCUT2D eigenvalue weighted by atomic mass is 10.1. The molecule has 2 nitrogen and oxygen atoms in total. The summed E-state index contributed by atoms with van der Waals surface area (Å²) in [5, 5.41) is 0. The first-order valence-corrected chi connectivity index (χ1v) is 7.61. The lowest BCUT2D eigenvalue weighted by Crippen LogP contribution is -2.30. The molecule has 0 atom stereocenters. The van der Waals surface area contributed by atoms with Crippen molar-refractivity contribution in [1.82, 2.24) is 4.90 Å². The van der Waals surface area contributed by atoms with Gasteiger partial charge in [-0.05, 0) is 31.0 Å². The van der Waals surface area contributed by atoms with Gasteiger partial charge >= 0.3 is 0 Å². The summed E-state index contributed by atoms with van der Waals surface area (Å²) in [5.41, 5.74) is 7.11. The van der Waals surface area contributed by atoms with Gasteiger partial charge < -0.3 is 5.73 Å². The van der Waals surface area contributed by atoms with Crippen LogP contribution in [-0.4, -0.2) is 24.5 Å². The predicted octanol–water partition coefficient (Wildman–Crippen LogP) is 3.06. The number of nitrogens with two attached hydrogens (primary N) is 1. The van der Waals surface area contributed by atoms with Crippen molar-refractivity contribution in [3.63, 3.8) is 0 Å². The van der Waals surface area contributed by atoms with Crippen LogP contribution in [0.5, 0.6) is 0 Å². The molecule has 0 spiro atoms. The van der Waals surface area contributed by atoms with Crippen LogP contribution in [0.25, 0.3) is 0 Å². The molecule has 102 valence electrons. The van der Waals surface area contributed by atoms with Gasteiger partial charge in [0.2, 0.25) is 0 Å². The van der Waals surface area contributed by atoms with Crippen molar-refractivity contribution in [3.05, 3.63) is 57.8 Å². The molecule has 0 saturated carbocycles. The molecule has 0 saturated heterocycles. The SMILES string of the molecule is Cc1ccc(CN(CCN)CCc2ccccc2)s1. The van der Waals surface area contributed by atoms with E-state index in [1.807, 2.05) is 11.3 Å². The Hall–Kier alpha value is -1.16. The third-order valence-corrected chi connectivity index (χ3v) is 4.17. The Morgan fingerprint density at radius 1 is 1.05 bits per heavy atom. The second-order valence-corrected chi connectivity index (χ2v) is 6.19. The van der Waals surface area contributed by atoms with Gasteiger partial charge in [-0.1, -0.05) is 30.3 Å². The van der Waals surface area contributed by atoms with Crippen molar-refractivity contribution in [1.29, 1.82) is 0 Å². The molecule has 0 aliphatic heterocycles. The Kier molecular flexibility index (Phi) is 5.58. The fourth-order valence-corrected chi connectivity index (χ4v) is 3.11. The van der Waals surface area contributed by atoms with Crippen molar-refractivity contribution in [2.24, 2.45) is 5.73 Å².